The van der Waals surface area contributed by atoms with Crippen LogP contribution in [0.25, 0.3) is 0 Å². The molecule has 0 bridgehead atoms. The van der Waals surface area contributed by atoms with E-state index in [0.717, 1.165) is 5.56 Å². The first-order valence-corrected chi connectivity index (χ1v) is 7.57. The molecule has 136 valence electrons. The number of halogens is 3. The van der Waals surface area contributed by atoms with E-state index in [2.05, 4.69) is 10.1 Å². The van der Waals surface area contributed by atoms with Gasteiger partial charge in [-0.05, 0) is 23.3 Å². The first-order chi connectivity index (χ1) is 11.8. The van der Waals surface area contributed by atoms with Crippen LogP contribution in [-0.2, 0) is 24.4 Å². The summed E-state index contributed by atoms with van der Waals surface area (Å²) >= 11 is 0. The minimum absolute atomic E-state index is 0.113. The van der Waals surface area contributed by atoms with Crippen LogP contribution >= 0.6 is 0 Å². The Morgan fingerprint density at radius 1 is 1.20 bits per heavy atom. The van der Waals surface area contributed by atoms with Gasteiger partial charge in [0.25, 0.3) is 0 Å². The summed E-state index contributed by atoms with van der Waals surface area (Å²) < 4.78 is 45.8. The number of furan rings is 1. The van der Waals surface area contributed by atoms with Gasteiger partial charge in [-0.2, -0.15) is 13.2 Å². The molecule has 2 amide bonds. The zero-order valence-electron chi connectivity index (χ0n) is 13.7. The summed E-state index contributed by atoms with van der Waals surface area (Å²) in [6.07, 6.45) is -2.78. The molecule has 0 fully saturated rings. The third-order valence-corrected chi connectivity index (χ3v) is 3.32. The normalized spacial score (nSPS) is 11.4. The summed E-state index contributed by atoms with van der Waals surface area (Å²) in [7, 11) is 1.65. The molecule has 0 radical (unpaired) electrons. The number of hydrogen-bond donors (Lipinski definition) is 1. The fourth-order valence-corrected chi connectivity index (χ4v) is 2.06. The molecular weight excluding hydrogens is 337 g/mol. The Morgan fingerprint density at radius 2 is 1.88 bits per heavy atom. The summed E-state index contributed by atoms with van der Waals surface area (Å²) in [5.74, 6) is 0.681. The Balaban J connectivity index is 1.74. The third-order valence-electron chi connectivity index (χ3n) is 3.32. The van der Waals surface area contributed by atoms with E-state index in [0.29, 0.717) is 24.4 Å². The van der Waals surface area contributed by atoms with Gasteiger partial charge in [0.2, 0.25) is 0 Å². The molecule has 0 spiro atoms. The number of carbonyl (C=O) groups excluding carboxylic acids is 1. The smallest absolute Gasteiger partial charge is 0.411 e. The SMILES string of the molecule is CN(Cc1ccco1)C(=O)NCc1ccc(COCC(F)(F)F)cc1. The first-order valence-electron chi connectivity index (χ1n) is 7.57. The number of urea groups is 1. The molecule has 0 aliphatic heterocycles. The zero-order chi connectivity index (χ0) is 18.3. The highest BCUT2D eigenvalue weighted by Crippen LogP contribution is 2.15. The van der Waals surface area contributed by atoms with Crippen molar-refractivity contribution in [2.75, 3.05) is 13.7 Å². The van der Waals surface area contributed by atoms with Crippen molar-refractivity contribution in [1.29, 1.82) is 0 Å². The summed E-state index contributed by atoms with van der Waals surface area (Å²) in [6, 6.07) is 10.1. The van der Waals surface area contributed by atoms with Gasteiger partial charge in [-0.3, -0.25) is 0 Å². The predicted octanol–water partition coefficient (Wildman–Crippen LogP) is 3.70. The lowest BCUT2D eigenvalue weighted by Crippen LogP contribution is -2.36. The molecule has 8 heteroatoms. The third kappa shape index (κ3) is 6.88. The zero-order valence-corrected chi connectivity index (χ0v) is 13.7. The van der Waals surface area contributed by atoms with Gasteiger partial charge in [-0.1, -0.05) is 24.3 Å². The second-order valence-electron chi connectivity index (χ2n) is 5.52. The van der Waals surface area contributed by atoms with Crippen molar-refractivity contribution in [2.24, 2.45) is 0 Å². The van der Waals surface area contributed by atoms with Gasteiger partial charge in [0.05, 0.1) is 19.4 Å². The molecule has 2 aromatic rings. The summed E-state index contributed by atoms with van der Waals surface area (Å²) in [4.78, 5) is 13.5. The van der Waals surface area contributed by atoms with Crippen LogP contribution in [0.1, 0.15) is 16.9 Å². The standard InChI is InChI=1S/C17H19F3N2O3/c1-22(10-15-3-2-8-25-15)16(23)21-9-13-4-6-14(7-5-13)11-24-12-17(18,19)20/h2-8H,9-12H2,1H3,(H,21,23). The van der Waals surface area contributed by atoms with Gasteiger partial charge in [-0.15, -0.1) is 0 Å². The monoisotopic (exact) mass is 356 g/mol. The number of alkyl halides is 3. The maximum Gasteiger partial charge on any atom is 0.411 e. The average molecular weight is 356 g/mol. The second kappa shape index (κ2) is 8.57. The highest BCUT2D eigenvalue weighted by atomic mass is 19.4. The lowest BCUT2D eigenvalue weighted by atomic mass is 10.1. The largest absolute Gasteiger partial charge is 0.467 e. The van der Waals surface area contributed by atoms with Crippen molar-refractivity contribution in [3.63, 3.8) is 0 Å². The van der Waals surface area contributed by atoms with E-state index in [1.807, 2.05) is 0 Å². The van der Waals surface area contributed by atoms with E-state index in [1.54, 1.807) is 49.7 Å². The summed E-state index contributed by atoms with van der Waals surface area (Å²) in [6.45, 7) is -0.718. The van der Waals surface area contributed by atoms with Gasteiger partial charge in [0, 0.05) is 13.6 Å². The second-order valence-corrected chi connectivity index (χ2v) is 5.52. The Kier molecular flexibility index (Phi) is 6.46. The maximum absolute atomic E-state index is 12.0. The van der Waals surface area contributed by atoms with Crippen LogP contribution in [0.15, 0.2) is 47.1 Å². The van der Waals surface area contributed by atoms with E-state index in [1.165, 1.54) is 4.90 Å². The molecule has 0 aliphatic rings. The van der Waals surface area contributed by atoms with Crippen LogP contribution in [0.3, 0.4) is 0 Å². The van der Waals surface area contributed by atoms with E-state index < -0.39 is 12.8 Å². The van der Waals surface area contributed by atoms with Crippen LogP contribution in [0.2, 0.25) is 0 Å². The number of ether oxygens (including phenoxy) is 1. The lowest BCUT2D eigenvalue weighted by molar-refractivity contribution is -0.176. The van der Waals surface area contributed by atoms with Crippen LogP contribution in [0.5, 0.6) is 0 Å². The molecule has 0 aliphatic carbocycles. The number of nitrogens with zero attached hydrogens (tertiary/aromatic N) is 1. The Labute approximate surface area is 143 Å². The molecular formula is C17H19F3N2O3. The van der Waals surface area contributed by atoms with E-state index in [4.69, 9.17) is 4.42 Å². The molecule has 0 unspecified atom stereocenters. The van der Waals surface area contributed by atoms with Gasteiger partial charge in [-0.25, -0.2) is 4.79 Å². The number of amides is 2. The average Bonchev–Trinajstić information content (AvgIpc) is 3.05. The van der Waals surface area contributed by atoms with Gasteiger partial charge < -0.3 is 19.4 Å². The molecule has 25 heavy (non-hydrogen) atoms. The fourth-order valence-electron chi connectivity index (χ4n) is 2.06. The molecule has 2 rings (SSSR count). The van der Waals surface area contributed by atoms with Gasteiger partial charge >= 0.3 is 12.2 Å². The van der Waals surface area contributed by atoms with Gasteiger partial charge in [0.15, 0.2) is 0 Å². The molecule has 1 aromatic heterocycles. The highest BCUT2D eigenvalue weighted by Gasteiger charge is 2.27. The Morgan fingerprint density at radius 3 is 2.48 bits per heavy atom. The maximum atomic E-state index is 12.0. The van der Waals surface area contributed by atoms with Crippen molar-refractivity contribution in [1.82, 2.24) is 10.2 Å². The van der Waals surface area contributed by atoms with Crippen LogP contribution in [0, 0.1) is 0 Å². The number of benzene rings is 1. The van der Waals surface area contributed by atoms with Crippen molar-refractivity contribution < 1.29 is 27.1 Å². The molecule has 1 N–H and O–H groups in total. The summed E-state index contributed by atoms with van der Waals surface area (Å²) in [5.41, 5.74) is 1.47. The van der Waals surface area contributed by atoms with Crippen molar-refractivity contribution in [3.05, 3.63) is 59.5 Å². The molecule has 0 saturated carbocycles. The van der Waals surface area contributed by atoms with E-state index in [9.17, 15) is 18.0 Å². The van der Waals surface area contributed by atoms with Crippen molar-refractivity contribution >= 4 is 6.03 Å². The molecule has 1 aromatic carbocycles. The molecule has 0 atom stereocenters. The van der Waals surface area contributed by atoms with Gasteiger partial charge in [0.1, 0.15) is 12.4 Å². The van der Waals surface area contributed by atoms with Crippen molar-refractivity contribution in [3.8, 4) is 0 Å². The quantitative estimate of drug-likeness (QED) is 0.823. The van der Waals surface area contributed by atoms with Crippen LogP contribution in [-0.4, -0.2) is 30.8 Å². The van der Waals surface area contributed by atoms with Crippen molar-refractivity contribution in [2.45, 2.75) is 25.9 Å². The Hall–Kier alpha value is -2.48. The minimum atomic E-state index is -4.33. The summed E-state index contributed by atoms with van der Waals surface area (Å²) in [5, 5.41) is 2.76. The number of nitrogens with one attached hydrogen (secondary N) is 1. The van der Waals surface area contributed by atoms with Crippen LogP contribution in [0.4, 0.5) is 18.0 Å². The fraction of sp³-hybridized carbons (Fsp3) is 0.353. The minimum Gasteiger partial charge on any atom is -0.467 e. The number of carbonyl (C=O) groups is 1. The topological polar surface area (TPSA) is 54.7 Å². The van der Waals surface area contributed by atoms with Crippen LogP contribution < -0.4 is 5.32 Å². The molecule has 1 heterocycles. The Bertz CT molecular complexity index is 655. The van der Waals surface area contributed by atoms with E-state index >= 15 is 0 Å². The number of rotatable bonds is 7. The first kappa shape index (κ1) is 18.9. The molecule has 5 nitrogen and oxygen atoms in total. The molecule has 0 saturated heterocycles. The lowest BCUT2D eigenvalue weighted by Gasteiger charge is -2.16. The highest BCUT2D eigenvalue weighted by molar-refractivity contribution is 5.73. The van der Waals surface area contributed by atoms with E-state index in [-0.39, 0.29) is 12.6 Å². The number of hydrogen-bond acceptors (Lipinski definition) is 3. The predicted molar refractivity (Wildman–Crippen MR) is 84.6 cm³/mol.